The number of benzene rings is 2. The molecule has 114 valence electrons. The molecule has 0 saturated carbocycles. The Morgan fingerprint density at radius 3 is 2.43 bits per heavy atom. The molecule has 3 nitrogen and oxygen atoms in total. The van der Waals surface area contributed by atoms with Crippen LogP contribution < -0.4 is 5.01 Å². The normalized spacial score (nSPS) is 17.3. The molecule has 0 amide bonds. The molecular formula is C19H15BrN2O. The predicted molar refractivity (Wildman–Crippen MR) is 95.7 cm³/mol. The van der Waals surface area contributed by atoms with Crippen LogP contribution in [0.4, 0.5) is 5.69 Å². The Morgan fingerprint density at radius 2 is 1.74 bits per heavy atom. The van der Waals surface area contributed by atoms with E-state index in [0.29, 0.717) is 0 Å². The Bertz CT molecular complexity index is 810. The molecule has 3 aromatic rings. The molecule has 0 aliphatic carbocycles. The quantitative estimate of drug-likeness (QED) is 0.620. The summed E-state index contributed by atoms with van der Waals surface area (Å²) in [6.07, 6.45) is 2.54. The fraction of sp³-hybridized carbons (Fsp3) is 0.105. The van der Waals surface area contributed by atoms with Crippen LogP contribution in [0.1, 0.15) is 23.8 Å². The van der Waals surface area contributed by atoms with Crippen molar-refractivity contribution < 1.29 is 4.42 Å². The van der Waals surface area contributed by atoms with Crippen LogP contribution in [0.25, 0.3) is 0 Å². The van der Waals surface area contributed by atoms with Gasteiger partial charge in [0, 0.05) is 10.9 Å². The maximum absolute atomic E-state index is 5.65. The zero-order valence-electron chi connectivity index (χ0n) is 12.4. The average Bonchev–Trinajstić information content (AvgIpc) is 3.26. The van der Waals surface area contributed by atoms with Gasteiger partial charge in [-0.2, -0.15) is 5.10 Å². The average molecular weight is 367 g/mol. The van der Waals surface area contributed by atoms with Crippen LogP contribution >= 0.6 is 15.9 Å². The second kappa shape index (κ2) is 6.05. The monoisotopic (exact) mass is 366 g/mol. The molecular weight excluding hydrogens is 352 g/mol. The number of para-hydroxylation sites is 1. The number of hydrogen-bond donors (Lipinski definition) is 0. The maximum atomic E-state index is 5.65. The molecule has 1 aliphatic heterocycles. The lowest BCUT2D eigenvalue weighted by Crippen LogP contribution is -2.17. The molecule has 1 atom stereocenters. The van der Waals surface area contributed by atoms with Crippen LogP contribution in [0.3, 0.4) is 0 Å². The summed E-state index contributed by atoms with van der Waals surface area (Å²) in [5.41, 5.74) is 3.28. The van der Waals surface area contributed by atoms with Crippen molar-refractivity contribution in [2.24, 2.45) is 5.10 Å². The van der Waals surface area contributed by atoms with Gasteiger partial charge in [-0.3, -0.25) is 5.01 Å². The van der Waals surface area contributed by atoms with E-state index in [1.54, 1.807) is 6.26 Å². The van der Waals surface area contributed by atoms with Gasteiger partial charge in [-0.25, -0.2) is 0 Å². The van der Waals surface area contributed by atoms with E-state index in [1.165, 1.54) is 0 Å². The Hall–Kier alpha value is -2.33. The van der Waals surface area contributed by atoms with Crippen molar-refractivity contribution in [2.75, 3.05) is 5.01 Å². The van der Waals surface area contributed by atoms with Crippen molar-refractivity contribution in [1.82, 2.24) is 0 Å². The second-order valence-electron chi connectivity index (χ2n) is 5.47. The van der Waals surface area contributed by atoms with E-state index in [0.717, 1.165) is 33.6 Å². The Kier molecular flexibility index (Phi) is 3.75. The van der Waals surface area contributed by atoms with Crippen molar-refractivity contribution in [3.05, 3.63) is 88.8 Å². The largest absolute Gasteiger partial charge is 0.467 e. The number of rotatable bonds is 3. The standard InChI is InChI=1S/C19H15BrN2O/c20-15-10-8-14(9-11-15)17-13-18(19-7-4-12-23-19)22(21-17)16-5-2-1-3-6-16/h1-12,18H,13H2/t18-/m0/s1. The van der Waals surface area contributed by atoms with Gasteiger partial charge in [0.1, 0.15) is 11.8 Å². The molecule has 0 bridgehead atoms. The summed E-state index contributed by atoms with van der Waals surface area (Å²) in [5.74, 6) is 0.935. The van der Waals surface area contributed by atoms with Gasteiger partial charge in [0.25, 0.3) is 0 Å². The van der Waals surface area contributed by atoms with Crippen LogP contribution in [0.2, 0.25) is 0 Å². The fourth-order valence-electron chi connectivity index (χ4n) is 2.85. The molecule has 0 saturated heterocycles. The van der Waals surface area contributed by atoms with Gasteiger partial charge in [-0.05, 0) is 42.0 Å². The third-order valence-corrected chi connectivity index (χ3v) is 4.51. The van der Waals surface area contributed by atoms with Crippen LogP contribution in [-0.2, 0) is 0 Å². The highest BCUT2D eigenvalue weighted by Crippen LogP contribution is 2.36. The van der Waals surface area contributed by atoms with E-state index in [1.807, 2.05) is 42.5 Å². The van der Waals surface area contributed by atoms with E-state index in [2.05, 4.69) is 45.2 Å². The molecule has 0 unspecified atom stereocenters. The third-order valence-electron chi connectivity index (χ3n) is 3.98. The zero-order valence-corrected chi connectivity index (χ0v) is 14.0. The van der Waals surface area contributed by atoms with Gasteiger partial charge < -0.3 is 4.42 Å². The summed E-state index contributed by atoms with van der Waals surface area (Å²) < 4.78 is 6.72. The SMILES string of the molecule is Brc1ccc(C2=NN(c3ccccc3)[C@H](c3ccco3)C2)cc1. The smallest absolute Gasteiger partial charge is 0.128 e. The molecule has 23 heavy (non-hydrogen) atoms. The summed E-state index contributed by atoms with van der Waals surface area (Å²) in [6, 6.07) is 22.5. The van der Waals surface area contributed by atoms with Gasteiger partial charge in [-0.15, -0.1) is 0 Å². The molecule has 1 aromatic heterocycles. The summed E-state index contributed by atoms with van der Waals surface area (Å²) >= 11 is 3.48. The van der Waals surface area contributed by atoms with Gasteiger partial charge >= 0.3 is 0 Å². The Labute approximate surface area is 143 Å². The molecule has 2 heterocycles. The van der Waals surface area contributed by atoms with Gasteiger partial charge in [-0.1, -0.05) is 46.3 Å². The van der Waals surface area contributed by atoms with Crippen molar-refractivity contribution in [3.63, 3.8) is 0 Å². The molecule has 0 radical (unpaired) electrons. The first-order chi connectivity index (χ1) is 11.3. The fourth-order valence-corrected chi connectivity index (χ4v) is 3.11. The Morgan fingerprint density at radius 1 is 0.957 bits per heavy atom. The molecule has 0 N–H and O–H groups in total. The van der Waals surface area contributed by atoms with E-state index in [9.17, 15) is 0 Å². The first-order valence-corrected chi connectivity index (χ1v) is 8.32. The summed E-state index contributed by atoms with van der Waals surface area (Å²) in [4.78, 5) is 0. The number of halogens is 1. The van der Waals surface area contributed by atoms with Gasteiger partial charge in [0.15, 0.2) is 0 Å². The van der Waals surface area contributed by atoms with Crippen LogP contribution in [0, 0.1) is 0 Å². The van der Waals surface area contributed by atoms with Crippen LogP contribution in [0.5, 0.6) is 0 Å². The second-order valence-corrected chi connectivity index (χ2v) is 6.38. The number of nitrogens with zero attached hydrogens (tertiary/aromatic N) is 2. The topological polar surface area (TPSA) is 28.7 Å². The third kappa shape index (κ3) is 2.82. The van der Waals surface area contributed by atoms with Crippen molar-refractivity contribution in [3.8, 4) is 0 Å². The van der Waals surface area contributed by atoms with Crippen LogP contribution in [-0.4, -0.2) is 5.71 Å². The minimum atomic E-state index is 0.0889. The number of hydrogen-bond acceptors (Lipinski definition) is 3. The zero-order chi connectivity index (χ0) is 15.6. The van der Waals surface area contributed by atoms with Crippen molar-refractivity contribution >= 4 is 27.3 Å². The first-order valence-electron chi connectivity index (χ1n) is 7.52. The number of hydrazone groups is 1. The highest BCUT2D eigenvalue weighted by molar-refractivity contribution is 9.10. The molecule has 4 heteroatoms. The lowest BCUT2D eigenvalue weighted by molar-refractivity contribution is 0.465. The van der Waals surface area contributed by atoms with Crippen molar-refractivity contribution in [2.45, 2.75) is 12.5 Å². The van der Waals surface area contributed by atoms with Gasteiger partial charge in [0.05, 0.1) is 17.7 Å². The number of anilines is 1. The van der Waals surface area contributed by atoms with E-state index in [4.69, 9.17) is 9.52 Å². The van der Waals surface area contributed by atoms with Gasteiger partial charge in [0.2, 0.25) is 0 Å². The molecule has 2 aromatic carbocycles. The molecule has 0 spiro atoms. The predicted octanol–water partition coefficient (Wildman–Crippen LogP) is 5.40. The van der Waals surface area contributed by atoms with E-state index in [-0.39, 0.29) is 6.04 Å². The minimum absolute atomic E-state index is 0.0889. The number of furan rings is 1. The highest BCUT2D eigenvalue weighted by atomic mass is 79.9. The Balaban J connectivity index is 1.73. The molecule has 1 aliphatic rings. The molecule has 4 rings (SSSR count). The summed E-state index contributed by atoms with van der Waals surface area (Å²) in [7, 11) is 0. The highest BCUT2D eigenvalue weighted by Gasteiger charge is 2.31. The summed E-state index contributed by atoms with van der Waals surface area (Å²) in [6.45, 7) is 0. The molecule has 0 fully saturated rings. The van der Waals surface area contributed by atoms with E-state index < -0.39 is 0 Å². The summed E-state index contributed by atoms with van der Waals surface area (Å²) in [5, 5.41) is 6.92. The van der Waals surface area contributed by atoms with Crippen molar-refractivity contribution in [1.29, 1.82) is 0 Å². The maximum Gasteiger partial charge on any atom is 0.128 e. The minimum Gasteiger partial charge on any atom is -0.467 e. The lowest BCUT2D eigenvalue weighted by Gasteiger charge is -2.21. The first kappa shape index (κ1) is 14.3. The van der Waals surface area contributed by atoms with E-state index >= 15 is 0 Å². The lowest BCUT2D eigenvalue weighted by atomic mass is 10.0. The van der Waals surface area contributed by atoms with Crippen LogP contribution in [0.15, 0.2) is 87.0 Å².